The molecule has 25 heavy (non-hydrogen) atoms. The Bertz CT molecular complexity index is 668. The number of halogens is 3. The van der Waals surface area contributed by atoms with E-state index < -0.39 is 23.2 Å². The van der Waals surface area contributed by atoms with Gasteiger partial charge in [0.1, 0.15) is 0 Å². The van der Waals surface area contributed by atoms with Gasteiger partial charge in [-0.15, -0.1) is 0 Å². The summed E-state index contributed by atoms with van der Waals surface area (Å²) in [7, 11) is 0. The van der Waals surface area contributed by atoms with Gasteiger partial charge in [-0.25, -0.2) is 0 Å². The molecule has 0 atom stereocenters. The van der Waals surface area contributed by atoms with Crippen molar-refractivity contribution in [3.8, 4) is 0 Å². The number of carbonyl (C=O) groups excluding carboxylic acids is 3. The van der Waals surface area contributed by atoms with Crippen LogP contribution in [0.5, 0.6) is 0 Å². The van der Waals surface area contributed by atoms with E-state index in [0.717, 1.165) is 12.1 Å². The molecule has 0 aromatic heterocycles. The highest BCUT2D eigenvalue weighted by Gasteiger charge is 2.36. The minimum absolute atomic E-state index is 0.136. The van der Waals surface area contributed by atoms with Crippen LogP contribution in [0.15, 0.2) is 24.3 Å². The molecule has 0 bridgehead atoms. The number of alkyl halides is 3. The Labute approximate surface area is 142 Å². The fourth-order valence-electron chi connectivity index (χ4n) is 2.56. The van der Waals surface area contributed by atoms with Gasteiger partial charge in [0, 0.05) is 33.1 Å². The molecule has 1 aromatic rings. The van der Waals surface area contributed by atoms with E-state index >= 15 is 0 Å². The monoisotopic (exact) mass is 357 g/mol. The van der Waals surface area contributed by atoms with Gasteiger partial charge in [0.2, 0.25) is 11.8 Å². The molecule has 0 saturated carbocycles. The summed E-state index contributed by atoms with van der Waals surface area (Å²) in [6.45, 7) is 1.84. The van der Waals surface area contributed by atoms with Crippen LogP contribution in [0.4, 0.5) is 13.2 Å². The lowest BCUT2D eigenvalue weighted by molar-refractivity contribution is -0.138. The number of carbonyl (C=O) groups is 3. The molecule has 1 aromatic carbocycles. The minimum atomic E-state index is -4.61. The molecule has 0 unspecified atom stereocenters. The van der Waals surface area contributed by atoms with Crippen molar-refractivity contribution in [2.24, 2.45) is 0 Å². The van der Waals surface area contributed by atoms with Crippen molar-refractivity contribution in [1.29, 1.82) is 0 Å². The molecular formula is C16H18F3N3O3. The molecule has 1 fully saturated rings. The van der Waals surface area contributed by atoms with E-state index in [9.17, 15) is 27.6 Å². The van der Waals surface area contributed by atoms with Crippen molar-refractivity contribution < 1.29 is 27.6 Å². The van der Waals surface area contributed by atoms with Gasteiger partial charge in [-0.05, 0) is 12.1 Å². The van der Waals surface area contributed by atoms with E-state index in [2.05, 4.69) is 5.32 Å². The Morgan fingerprint density at radius 2 is 1.60 bits per heavy atom. The molecule has 0 spiro atoms. The molecule has 1 aliphatic rings. The Kier molecular flexibility index (Phi) is 5.66. The van der Waals surface area contributed by atoms with Gasteiger partial charge in [0.05, 0.1) is 17.7 Å². The van der Waals surface area contributed by atoms with E-state index in [4.69, 9.17) is 0 Å². The third-order valence-electron chi connectivity index (χ3n) is 3.87. The molecule has 1 N–H and O–H groups in total. The van der Waals surface area contributed by atoms with E-state index in [1.165, 1.54) is 28.9 Å². The van der Waals surface area contributed by atoms with Crippen LogP contribution in [-0.2, 0) is 15.8 Å². The normalized spacial score (nSPS) is 15.0. The third kappa shape index (κ3) is 4.71. The number of rotatable bonds is 3. The summed E-state index contributed by atoms with van der Waals surface area (Å²) in [5.74, 6) is -1.33. The van der Waals surface area contributed by atoms with Gasteiger partial charge in [0.15, 0.2) is 0 Å². The molecular weight excluding hydrogens is 339 g/mol. The zero-order valence-corrected chi connectivity index (χ0v) is 13.6. The second kappa shape index (κ2) is 7.54. The summed E-state index contributed by atoms with van der Waals surface area (Å²) in [4.78, 5) is 37.9. The van der Waals surface area contributed by atoms with Crippen LogP contribution in [0.3, 0.4) is 0 Å². The summed E-state index contributed by atoms with van der Waals surface area (Å²) in [6.07, 6.45) is -4.61. The van der Waals surface area contributed by atoms with E-state index in [1.807, 2.05) is 0 Å². The van der Waals surface area contributed by atoms with Gasteiger partial charge in [0.25, 0.3) is 5.91 Å². The second-order valence-corrected chi connectivity index (χ2v) is 5.63. The van der Waals surface area contributed by atoms with E-state index in [1.54, 1.807) is 0 Å². The molecule has 1 aliphatic heterocycles. The summed E-state index contributed by atoms with van der Waals surface area (Å²) in [6, 6.07) is 4.65. The summed E-state index contributed by atoms with van der Waals surface area (Å²) in [5.41, 5.74) is -1.36. The number of benzene rings is 1. The maximum absolute atomic E-state index is 13.0. The Morgan fingerprint density at radius 1 is 1.04 bits per heavy atom. The van der Waals surface area contributed by atoms with Crippen molar-refractivity contribution in [2.45, 2.75) is 13.1 Å². The lowest BCUT2D eigenvalue weighted by Gasteiger charge is -2.35. The predicted molar refractivity (Wildman–Crippen MR) is 82.6 cm³/mol. The standard InChI is InChI=1S/C16H18F3N3O3/c1-11(23)20-10-14(24)21-6-8-22(9-7-21)15(25)12-4-2-3-5-13(12)16(17,18)19/h2-5H,6-10H2,1H3,(H,20,23). The maximum atomic E-state index is 13.0. The first-order valence-corrected chi connectivity index (χ1v) is 7.68. The van der Waals surface area contributed by atoms with Crippen molar-refractivity contribution in [1.82, 2.24) is 15.1 Å². The Hall–Kier alpha value is -2.58. The van der Waals surface area contributed by atoms with Gasteiger partial charge >= 0.3 is 6.18 Å². The molecule has 6 nitrogen and oxygen atoms in total. The first-order valence-electron chi connectivity index (χ1n) is 7.68. The maximum Gasteiger partial charge on any atom is 0.417 e. The smallest absolute Gasteiger partial charge is 0.347 e. The summed E-state index contributed by atoms with van der Waals surface area (Å²) in [5, 5.41) is 2.39. The van der Waals surface area contributed by atoms with Gasteiger partial charge in [-0.2, -0.15) is 13.2 Å². The zero-order valence-electron chi connectivity index (χ0n) is 13.6. The van der Waals surface area contributed by atoms with Crippen molar-refractivity contribution in [3.05, 3.63) is 35.4 Å². The molecule has 1 heterocycles. The number of piperazine rings is 1. The fraction of sp³-hybridized carbons (Fsp3) is 0.438. The highest BCUT2D eigenvalue weighted by Crippen LogP contribution is 2.32. The summed E-state index contributed by atoms with van der Waals surface area (Å²) < 4.78 is 39.1. The lowest BCUT2D eigenvalue weighted by Crippen LogP contribution is -2.52. The predicted octanol–water partition coefficient (Wildman–Crippen LogP) is 1.13. The van der Waals surface area contributed by atoms with Gasteiger partial charge in [-0.1, -0.05) is 12.1 Å². The van der Waals surface area contributed by atoms with Gasteiger partial charge < -0.3 is 15.1 Å². The largest absolute Gasteiger partial charge is 0.417 e. The number of nitrogens with one attached hydrogen (secondary N) is 1. The van der Waals surface area contributed by atoms with Crippen LogP contribution in [0.25, 0.3) is 0 Å². The Morgan fingerprint density at radius 3 is 2.16 bits per heavy atom. The van der Waals surface area contributed by atoms with Crippen LogP contribution in [0.1, 0.15) is 22.8 Å². The van der Waals surface area contributed by atoms with Crippen molar-refractivity contribution >= 4 is 17.7 Å². The van der Waals surface area contributed by atoms with Crippen LogP contribution in [0.2, 0.25) is 0 Å². The molecule has 136 valence electrons. The molecule has 9 heteroatoms. The van der Waals surface area contributed by atoms with E-state index in [0.29, 0.717) is 0 Å². The number of amides is 3. The average Bonchev–Trinajstić information content (AvgIpc) is 2.58. The van der Waals surface area contributed by atoms with Crippen molar-refractivity contribution in [2.75, 3.05) is 32.7 Å². The molecule has 2 rings (SSSR count). The number of hydrogen-bond acceptors (Lipinski definition) is 3. The lowest BCUT2D eigenvalue weighted by atomic mass is 10.1. The first-order chi connectivity index (χ1) is 11.7. The molecule has 3 amide bonds. The fourth-order valence-corrected chi connectivity index (χ4v) is 2.56. The third-order valence-corrected chi connectivity index (χ3v) is 3.87. The van der Waals surface area contributed by atoms with E-state index in [-0.39, 0.29) is 44.5 Å². The Balaban J connectivity index is 2.01. The highest BCUT2D eigenvalue weighted by molar-refractivity contribution is 5.96. The van der Waals surface area contributed by atoms with Crippen LogP contribution in [-0.4, -0.2) is 60.2 Å². The SMILES string of the molecule is CC(=O)NCC(=O)N1CCN(C(=O)c2ccccc2C(F)(F)F)CC1. The number of nitrogens with zero attached hydrogens (tertiary/aromatic N) is 2. The molecule has 1 saturated heterocycles. The minimum Gasteiger partial charge on any atom is -0.347 e. The first kappa shape index (κ1) is 18.8. The quantitative estimate of drug-likeness (QED) is 0.882. The second-order valence-electron chi connectivity index (χ2n) is 5.63. The van der Waals surface area contributed by atoms with Crippen molar-refractivity contribution in [3.63, 3.8) is 0 Å². The molecule has 0 radical (unpaired) electrons. The van der Waals surface area contributed by atoms with Gasteiger partial charge in [-0.3, -0.25) is 14.4 Å². The van der Waals surface area contributed by atoms with Crippen LogP contribution < -0.4 is 5.32 Å². The van der Waals surface area contributed by atoms with Crippen LogP contribution >= 0.6 is 0 Å². The number of hydrogen-bond donors (Lipinski definition) is 1. The average molecular weight is 357 g/mol. The topological polar surface area (TPSA) is 69.7 Å². The highest BCUT2D eigenvalue weighted by atomic mass is 19.4. The summed E-state index contributed by atoms with van der Waals surface area (Å²) >= 11 is 0. The molecule has 0 aliphatic carbocycles. The van der Waals surface area contributed by atoms with Crippen LogP contribution in [0, 0.1) is 0 Å². The zero-order chi connectivity index (χ0) is 18.6.